The molecule has 1 aromatic carbocycles. The lowest BCUT2D eigenvalue weighted by Crippen LogP contribution is -2.29. The number of rotatable bonds is 4. The minimum atomic E-state index is -0.104. The van der Waals surface area contributed by atoms with Gasteiger partial charge in [-0.05, 0) is 44.0 Å². The highest BCUT2D eigenvalue weighted by Crippen LogP contribution is 2.24. The van der Waals surface area contributed by atoms with Crippen molar-refractivity contribution in [1.29, 1.82) is 0 Å². The Morgan fingerprint density at radius 2 is 2.24 bits per heavy atom. The molecule has 1 aromatic rings. The molecule has 0 radical (unpaired) electrons. The molecule has 1 aliphatic carbocycles. The maximum absolute atomic E-state index is 9.55. The zero-order chi connectivity index (χ0) is 12.3. The van der Waals surface area contributed by atoms with Crippen molar-refractivity contribution in [3.05, 3.63) is 29.8 Å². The van der Waals surface area contributed by atoms with Crippen LogP contribution in [0.3, 0.4) is 0 Å². The van der Waals surface area contributed by atoms with Crippen LogP contribution in [-0.2, 0) is 6.54 Å². The molecule has 2 atom stereocenters. The molecule has 94 valence electrons. The van der Waals surface area contributed by atoms with Gasteiger partial charge in [0, 0.05) is 12.6 Å². The Bertz CT molecular complexity index is 367. The van der Waals surface area contributed by atoms with Gasteiger partial charge >= 0.3 is 0 Å². The normalized spacial score (nSPS) is 24.2. The molecule has 3 nitrogen and oxygen atoms in total. The van der Waals surface area contributed by atoms with E-state index in [-0.39, 0.29) is 6.10 Å². The first-order chi connectivity index (χ1) is 8.19. The lowest BCUT2D eigenvalue weighted by atomic mass is 10.1. The number of aliphatic hydroxyl groups excluding tert-OH is 1. The average molecular weight is 235 g/mol. The number of methoxy groups -OCH3 is 1. The second-order valence-corrected chi connectivity index (χ2v) is 4.89. The van der Waals surface area contributed by atoms with E-state index in [1.54, 1.807) is 7.11 Å². The maximum atomic E-state index is 9.55. The van der Waals surface area contributed by atoms with Crippen LogP contribution in [0.4, 0.5) is 0 Å². The summed E-state index contributed by atoms with van der Waals surface area (Å²) in [5, 5.41) is 9.55. The van der Waals surface area contributed by atoms with Crippen LogP contribution in [0.1, 0.15) is 24.8 Å². The number of hydrogen-bond donors (Lipinski definition) is 1. The second kappa shape index (κ2) is 5.52. The molecule has 0 saturated heterocycles. The quantitative estimate of drug-likeness (QED) is 0.867. The number of benzene rings is 1. The lowest BCUT2D eigenvalue weighted by Gasteiger charge is -2.24. The van der Waals surface area contributed by atoms with E-state index in [0.29, 0.717) is 6.04 Å². The molecule has 0 aliphatic heterocycles. The first-order valence-corrected chi connectivity index (χ1v) is 6.20. The van der Waals surface area contributed by atoms with Crippen molar-refractivity contribution < 1.29 is 9.84 Å². The van der Waals surface area contributed by atoms with Crippen LogP contribution in [0.15, 0.2) is 24.3 Å². The van der Waals surface area contributed by atoms with Gasteiger partial charge in [-0.2, -0.15) is 0 Å². The zero-order valence-corrected chi connectivity index (χ0v) is 10.6. The fraction of sp³-hybridized carbons (Fsp3) is 0.571. The van der Waals surface area contributed by atoms with E-state index in [2.05, 4.69) is 24.1 Å². The molecule has 2 rings (SSSR count). The molecule has 0 aromatic heterocycles. The summed E-state index contributed by atoms with van der Waals surface area (Å²) in [5.74, 6) is 0.905. The molecule has 0 bridgehead atoms. The third-order valence-corrected chi connectivity index (χ3v) is 3.57. The summed E-state index contributed by atoms with van der Waals surface area (Å²) in [6.45, 7) is 0.911. The summed E-state index contributed by atoms with van der Waals surface area (Å²) in [6.07, 6.45) is 2.84. The van der Waals surface area contributed by atoms with E-state index in [1.807, 2.05) is 12.1 Å². The summed E-state index contributed by atoms with van der Waals surface area (Å²) in [4.78, 5) is 2.32. The van der Waals surface area contributed by atoms with Crippen molar-refractivity contribution in [1.82, 2.24) is 4.90 Å². The Balaban J connectivity index is 1.95. The lowest BCUT2D eigenvalue weighted by molar-refractivity contribution is 0.161. The summed E-state index contributed by atoms with van der Waals surface area (Å²) < 4.78 is 5.22. The van der Waals surface area contributed by atoms with Gasteiger partial charge in [0.1, 0.15) is 5.75 Å². The van der Waals surface area contributed by atoms with Gasteiger partial charge in [-0.1, -0.05) is 12.1 Å². The molecule has 1 aliphatic rings. The highest BCUT2D eigenvalue weighted by atomic mass is 16.5. The minimum absolute atomic E-state index is 0.104. The second-order valence-electron chi connectivity index (χ2n) is 4.89. The first kappa shape index (κ1) is 12.4. The predicted molar refractivity (Wildman–Crippen MR) is 68.1 cm³/mol. The van der Waals surface area contributed by atoms with Crippen molar-refractivity contribution >= 4 is 0 Å². The van der Waals surface area contributed by atoms with E-state index < -0.39 is 0 Å². The molecule has 1 saturated carbocycles. The Morgan fingerprint density at radius 3 is 2.88 bits per heavy atom. The molecule has 17 heavy (non-hydrogen) atoms. The highest BCUT2D eigenvalue weighted by molar-refractivity contribution is 5.28. The number of aliphatic hydroxyl groups is 1. The van der Waals surface area contributed by atoms with Gasteiger partial charge in [0.15, 0.2) is 0 Å². The Hall–Kier alpha value is -1.06. The van der Waals surface area contributed by atoms with Gasteiger partial charge in [-0.3, -0.25) is 4.90 Å². The number of nitrogens with zero attached hydrogens (tertiary/aromatic N) is 1. The van der Waals surface area contributed by atoms with Gasteiger partial charge < -0.3 is 9.84 Å². The van der Waals surface area contributed by atoms with Crippen LogP contribution in [0.25, 0.3) is 0 Å². The monoisotopic (exact) mass is 235 g/mol. The molecule has 1 N–H and O–H groups in total. The standard InChI is InChI=1S/C14H21NO2/c1-15(12-6-7-13(16)9-12)10-11-4-3-5-14(8-11)17-2/h3-5,8,12-13,16H,6-7,9-10H2,1-2H3. The maximum Gasteiger partial charge on any atom is 0.119 e. The SMILES string of the molecule is COc1cccc(CN(C)C2CCC(O)C2)c1. The fourth-order valence-corrected chi connectivity index (χ4v) is 2.52. The van der Waals surface area contributed by atoms with Crippen LogP contribution >= 0.6 is 0 Å². The third kappa shape index (κ3) is 3.20. The molecule has 0 amide bonds. The Kier molecular flexibility index (Phi) is 4.02. The van der Waals surface area contributed by atoms with Crippen molar-refractivity contribution in [2.75, 3.05) is 14.2 Å². The van der Waals surface area contributed by atoms with E-state index in [9.17, 15) is 5.11 Å². The predicted octanol–water partition coefficient (Wildman–Crippen LogP) is 2.04. The first-order valence-electron chi connectivity index (χ1n) is 6.20. The van der Waals surface area contributed by atoms with Gasteiger partial charge in [-0.15, -0.1) is 0 Å². The van der Waals surface area contributed by atoms with Crippen LogP contribution in [0.5, 0.6) is 5.75 Å². The molecule has 2 unspecified atom stereocenters. The van der Waals surface area contributed by atoms with Crippen LogP contribution in [0.2, 0.25) is 0 Å². The van der Waals surface area contributed by atoms with Crippen LogP contribution in [0, 0.1) is 0 Å². The smallest absolute Gasteiger partial charge is 0.119 e. The van der Waals surface area contributed by atoms with Gasteiger partial charge in [0.25, 0.3) is 0 Å². The Morgan fingerprint density at radius 1 is 1.41 bits per heavy atom. The van der Waals surface area contributed by atoms with Crippen LogP contribution in [-0.4, -0.2) is 36.3 Å². The third-order valence-electron chi connectivity index (χ3n) is 3.57. The van der Waals surface area contributed by atoms with Gasteiger partial charge in [0.05, 0.1) is 13.2 Å². The van der Waals surface area contributed by atoms with E-state index in [0.717, 1.165) is 31.6 Å². The van der Waals surface area contributed by atoms with Gasteiger partial charge in [0.2, 0.25) is 0 Å². The summed E-state index contributed by atoms with van der Waals surface area (Å²) in [7, 11) is 3.82. The average Bonchev–Trinajstić information content (AvgIpc) is 2.76. The Labute approximate surface area is 103 Å². The molecule has 3 heteroatoms. The number of hydrogen-bond acceptors (Lipinski definition) is 3. The molecule has 1 fully saturated rings. The van der Waals surface area contributed by atoms with E-state index in [4.69, 9.17) is 4.74 Å². The fourth-order valence-electron chi connectivity index (χ4n) is 2.52. The summed E-state index contributed by atoms with van der Waals surface area (Å²) >= 11 is 0. The zero-order valence-electron chi connectivity index (χ0n) is 10.6. The van der Waals surface area contributed by atoms with Crippen LogP contribution < -0.4 is 4.74 Å². The largest absolute Gasteiger partial charge is 0.497 e. The van der Waals surface area contributed by atoms with Crippen molar-refractivity contribution in [2.24, 2.45) is 0 Å². The van der Waals surface area contributed by atoms with Crippen molar-refractivity contribution in [3.8, 4) is 5.75 Å². The topological polar surface area (TPSA) is 32.7 Å². The molecule has 0 spiro atoms. The van der Waals surface area contributed by atoms with Crippen molar-refractivity contribution in [2.45, 2.75) is 38.0 Å². The van der Waals surface area contributed by atoms with E-state index in [1.165, 1.54) is 5.56 Å². The molecule has 0 heterocycles. The summed E-state index contributed by atoms with van der Waals surface area (Å²) in [6, 6.07) is 8.68. The molecular weight excluding hydrogens is 214 g/mol. The highest BCUT2D eigenvalue weighted by Gasteiger charge is 2.25. The van der Waals surface area contributed by atoms with E-state index >= 15 is 0 Å². The summed E-state index contributed by atoms with van der Waals surface area (Å²) in [5.41, 5.74) is 1.26. The number of ether oxygens (including phenoxy) is 1. The minimum Gasteiger partial charge on any atom is -0.497 e. The molecular formula is C14H21NO2. The van der Waals surface area contributed by atoms with Crippen molar-refractivity contribution in [3.63, 3.8) is 0 Å². The van der Waals surface area contributed by atoms with Gasteiger partial charge in [-0.25, -0.2) is 0 Å².